The molecule has 1 aliphatic rings. The lowest BCUT2D eigenvalue weighted by atomic mass is 10.1. The van der Waals surface area contributed by atoms with Gasteiger partial charge in [0.15, 0.2) is 0 Å². The molecule has 1 aliphatic carbocycles. The molecule has 0 bridgehead atoms. The van der Waals surface area contributed by atoms with Gasteiger partial charge in [-0.1, -0.05) is 6.07 Å². The first-order valence-electron chi connectivity index (χ1n) is 6.02. The number of nitrogens with two attached hydrogens (primary N) is 1. The first-order chi connectivity index (χ1) is 8.63. The Labute approximate surface area is 117 Å². The van der Waals surface area contributed by atoms with Crippen molar-refractivity contribution in [1.82, 2.24) is 5.32 Å². The third kappa shape index (κ3) is 3.36. The van der Waals surface area contributed by atoms with Crippen LogP contribution in [0.25, 0.3) is 0 Å². The number of halogens is 2. The minimum atomic E-state index is -0.585. The molecule has 1 fully saturated rings. The average Bonchev–Trinajstić information content (AvgIpc) is 2.74. The van der Waals surface area contributed by atoms with Gasteiger partial charge in [0.1, 0.15) is 17.1 Å². The molecule has 0 unspecified atom stereocenters. The van der Waals surface area contributed by atoms with E-state index in [2.05, 4.69) is 5.32 Å². The number of hydrogen-bond acceptors (Lipinski definition) is 3. The Morgan fingerprint density at radius 1 is 1.47 bits per heavy atom. The fourth-order valence-electron chi connectivity index (χ4n) is 2.30. The maximum Gasteiger partial charge on any atom is 0.258 e. The Morgan fingerprint density at radius 3 is 2.79 bits per heavy atom. The summed E-state index contributed by atoms with van der Waals surface area (Å²) in [6.45, 7) is 0. The van der Waals surface area contributed by atoms with Crippen LogP contribution in [-0.4, -0.2) is 25.1 Å². The highest BCUT2D eigenvalue weighted by Gasteiger charge is 2.27. The molecular formula is C13H18ClFN2O2. The van der Waals surface area contributed by atoms with Gasteiger partial charge < -0.3 is 15.8 Å². The van der Waals surface area contributed by atoms with Gasteiger partial charge >= 0.3 is 0 Å². The second-order valence-electron chi connectivity index (χ2n) is 4.49. The number of rotatable bonds is 3. The molecule has 2 atom stereocenters. The highest BCUT2D eigenvalue weighted by Crippen LogP contribution is 2.23. The fourth-order valence-corrected chi connectivity index (χ4v) is 2.30. The van der Waals surface area contributed by atoms with Crippen molar-refractivity contribution < 1.29 is 13.9 Å². The average molecular weight is 289 g/mol. The van der Waals surface area contributed by atoms with Gasteiger partial charge in [0.25, 0.3) is 5.91 Å². The molecule has 106 valence electrons. The van der Waals surface area contributed by atoms with E-state index in [-0.39, 0.29) is 35.8 Å². The molecule has 0 radical (unpaired) electrons. The third-order valence-electron chi connectivity index (χ3n) is 3.31. The van der Waals surface area contributed by atoms with Crippen LogP contribution in [0.15, 0.2) is 18.2 Å². The topological polar surface area (TPSA) is 64.3 Å². The summed E-state index contributed by atoms with van der Waals surface area (Å²) in [5.41, 5.74) is 5.82. The maximum atomic E-state index is 13.7. The molecule has 0 heterocycles. The van der Waals surface area contributed by atoms with Gasteiger partial charge in [-0.05, 0) is 31.4 Å². The van der Waals surface area contributed by atoms with Crippen LogP contribution in [0.5, 0.6) is 5.75 Å². The summed E-state index contributed by atoms with van der Waals surface area (Å²) in [5.74, 6) is -0.815. The standard InChI is InChI=1S/C13H17FN2O2.ClH/c1-18-11-7-2-4-8(14)12(11)13(17)16-10-6-3-5-9(10)15;/h2,4,7,9-10H,3,5-6,15H2,1H3,(H,16,17);1H/t9-,10-;/m0./s1. The molecule has 4 nitrogen and oxygen atoms in total. The van der Waals surface area contributed by atoms with Crippen LogP contribution >= 0.6 is 12.4 Å². The third-order valence-corrected chi connectivity index (χ3v) is 3.31. The van der Waals surface area contributed by atoms with Gasteiger partial charge in [-0.2, -0.15) is 0 Å². The van der Waals surface area contributed by atoms with Crippen molar-refractivity contribution in [2.24, 2.45) is 5.73 Å². The van der Waals surface area contributed by atoms with Gasteiger partial charge in [-0.3, -0.25) is 4.79 Å². The van der Waals surface area contributed by atoms with Gasteiger partial charge in [0.05, 0.1) is 7.11 Å². The molecule has 6 heteroatoms. The van der Waals surface area contributed by atoms with Crippen LogP contribution in [0.2, 0.25) is 0 Å². The Balaban J connectivity index is 0.00000180. The molecule has 0 saturated heterocycles. The molecule has 1 aromatic carbocycles. The van der Waals surface area contributed by atoms with Crippen molar-refractivity contribution in [3.05, 3.63) is 29.6 Å². The lowest BCUT2D eigenvalue weighted by molar-refractivity contribution is 0.0927. The number of nitrogens with one attached hydrogen (secondary N) is 1. The van der Waals surface area contributed by atoms with Crippen molar-refractivity contribution in [3.8, 4) is 5.75 Å². The van der Waals surface area contributed by atoms with E-state index in [9.17, 15) is 9.18 Å². The predicted octanol–water partition coefficient (Wildman–Crippen LogP) is 1.87. The van der Waals surface area contributed by atoms with Crippen LogP contribution < -0.4 is 15.8 Å². The Hall–Kier alpha value is -1.33. The largest absolute Gasteiger partial charge is 0.496 e. The number of methoxy groups -OCH3 is 1. The van der Waals surface area contributed by atoms with Crippen LogP contribution in [0, 0.1) is 5.82 Å². The zero-order valence-corrected chi connectivity index (χ0v) is 11.5. The van der Waals surface area contributed by atoms with Crippen molar-refractivity contribution in [2.45, 2.75) is 31.3 Å². The summed E-state index contributed by atoms with van der Waals surface area (Å²) in [6.07, 6.45) is 2.71. The van der Waals surface area contributed by atoms with E-state index in [0.717, 1.165) is 19.3 Å². The molecule has 0 aliphatic heterocycles. The lowest BCUT2D eigenvalue weighted by Crippen LogP contribution is -2.44. The molecule has 3 N–H and O–H groups in total. The molecule has 1 saturated carbocycles. The minimum absolute atomic E-state index is 0. The van der Waals surface area contributed by atoms with E-state index in [0.29, 0.717) is 0 Å². The number of benzene rings is 1. The SMILES string of the molecule is COc1cccc(F)c1C(=O)N[C@H]1CCC[C@@H]1N.Cl. The summed E-state index contributed by atoms with van der Waals surface area (Å²) in [4.78, 5) is 12.1. The maximum absolute atomic E-state index is 13.7. The first-order valence-corrected chi connectivity index (χ1v) is 6.02. The van der Waals surface area contributed by atoms with E-state index in [1.54, 1.807) is 6.07 Å². The van der Waals surface area contributed by atoms with E-state index in [4.69, 9.17) is 10.5 Å². The van der Waals surface area contributed by atoms with Gasteiger partial charge in [-0.15, -0.1) is 12.4 Å². The fraction of sp³-hybridized carbons (Fsp3) is 0.462. The van der Waals surface area contributed by atoms with Crippen LogP contribution in [-0.2, 0) is 0 Å². The van der Waals surface area contributed by atoms with E-state index >= 15 is 0 Å². The zero-order chi connectivity index (χ0) is 13.1. The Kier molecular flexibility index (Phi) is 5.57. The number of carbonyl (C=O) groups excluding carboxylic acids is 1. The molecule has 2 rings (SSSR count). The quantitative estimate of drug-likeness (QED) is 0.892. The number of hydrogen-bond donors (Lipinski definition) is 2. The Morgan fingerprint density at radius 2 is 2.21 bits per heavy atom. The summed E-state index contributed by atoms with van der Waals surface area (Å²) in [6, 6.07) is 4.18. The summed E-state index contributed by atoms with van der Waals surface area (Å²) in [7, 11) is 1.41. The van der Waals surface area contributed by atoms with Gasteiger partial charge in [0.2, 0.25) is 0 Å². The minimum Gasteiger partial charge on any atom is -0.496 e. The van der Waals surface area contributed by atoms with Crippen molar-refractivity contribution in [3.63, 3.8) is 0 Å². The first kappa shape index (κ1) is 15.7. The summed E-state index contributed by atoms with van der Waals surface area (Å²) < 4.78 is 18.7. The Bertz CT molecular complexity index is 456. The number of amides is 1. The van der Waals surface area contributed by atoms with Gasteiger partial charge in [-0.25, -0.2) is 4.39 Å². The van der Waals surface area contributed by atoms with E-state index < -0.39 is 11.7 Å². The molecule has 0 spiro atoms. The smallest absolute Gasteiger partial charge is 0.258 e. The highest BCUT2D eigenvalue weighted by atomic mass is 35.5. The second kappa shape index (κ2) is 6.73. The molecule has 1 aromatic rings. The molecule has 19 heavy (non-hydrogen) atoms. The number of carbonyl (C=O) groups is 1. The number of ether oxygens (including phenoxy) is 1. The lowest BCUT2D eigenvalue weighted by Gasteiger charge is -2.18. The van der Waals surface area contributed by atoms with Crippen molar-refractivity contribution in [2.75, 3.05) is 7.11 Å². The molecule has 1 amide bonds. The van der Waals surface area contributed by atoms with Crippen LogP contribution in [0.3, 0.4) is 0 Å². The molecular weight excluding hydrogens is 271 g/mol. The predicted molar refractivity (Wildman–Crippen MR) is 73.3 cm³/mol. The van der Waals surface area contributed by atoms with Crippen LogP contribution in [0.1, 0.15) is 29.6 Å². The van der Waals surface area contributed by atoms with E-state index in [1.807, 2.05) is 0 Å². The highest BCUT2D eigenvalue weighted by molar-refractivity contribution is 5.97. The monoisotopic (exact) mass is 288 g/mol. The van der Waals surface area contributed by atoms with E-state index in [1.165, 1.54) is 19.2 Å². The molecule has 0 aromatic heterocycles. The summed E-state index contributed by atoms with van der Waals surface area (Å²) >= 11 is 0. The van der Waals surface area contributed by atoms with Crippen molar-refractivity contribution in [1.29, 1.82) is 0 Å². The van der Waals surface area contributed by atoms with Crippen molar-refractivity contribution >= 4 is 18.3 Å². The second-order valence-corrected chi connectivity index (χ2v) is 4.49. The normalized spacial score (nSPS) is 21.6. The van der Waals surface area contributed by atoms with Gasteiger partial charge in [0, 0.05) is 12.1 Å². The summed E-state index contributed by atoms with van der Waals surface area (Å²) in [5, 5.41) is 2.78. The van der Waals surface area contributed by atoms with Crippen LogP contribution in [0.4, 0.5) is 4.39 Å². The zero-order valence-electron chi connectivity index (χ0n) is 10.7.